The lowest BCUT2D eigenvalue weighted by molar-refractivity contribution is 0.0801. The van der Waals surface area contributed by atoms with Gasteiger partial charge in [-0.2, -0.15) is 0 Å². The second-order valence-electron chi connectivity index (χ2n) is 4.28. The van der Waals surface area contributed by atoms with Gasteiger partial charge in [0.15, 0.2) is 0 Å². The fourth-order valence-corrected chi connectivity index (χ4v) is 1.31. The Labute approximate surface area is 116 Å². The van der Waals surface area contributed by atoms with Crippen LogP contribution >= 0.6 is 0 Å². The van der Waals surface area contributed by atoms with E-state index in [-0.39, 0.29) is 12.2 Å². The van der Waals surface area contributed by atoms with E-state index in [1.54, 1.807) is 7.11 Å². The smallest absolute Gasteiger partial charge is 0.407 e. The lowest BCUT2D eigenvalue weighted by Gasteiger charge is -2.09. The Bertz CT molecular complexity index is 275. The zero-order valence-electron chi connectivity index (χ0n) is 12.4. The summed E-state index contributed by atoms with van der Waals surface area (Å²) in [6.45, 7) is 4.95. The third-order valence-electron chi connectivity index (χ3n) is 2.59. The number of hydrogen-bond donors (Lipinski definition) is 1. The lowest BCUT2D eigenvalue weighted by atomic mass is 10.2. The molecule has 0 heterocycles. The van der Waals surface area contributed by atoms with Gasteiger partial charge in [-0.05, 0) is 26.2 Å². The summed E-state index contributed by atoms with van der Waals surface area (Å²) in [5, 5.41) is 2.67. The highest BCUT2D eigenvalue weighted by molar-refractivity contribution is 5.67. The molecule has 1 N–H and O–H groups in total. The van der Waals surface area contributed by atoms with Crippen LogP contribution in [-0.2, 0) is 9.47 Å². The third-order valence-corrected chi connectivity index (χ3v) is 2.59. The van der Waals surface area contributed by atoms with Gasteiger partial charge in [-0.15, -0.1) is 0 Å². The number of amides is 1. The van der Waals surface area contributed by atoms with Crippen molar-refractivity contribution in [1.82, 2.24) is 5.32 Å². The van der Waals surface area contributed by atoms with Gasteiger partial charge >= 0.3 is 6.09 Å². The molecule has 0 aromatic heterocycles. The van der Waals surface area contributed by atoms with Gasteiger partial charge in [-0.25, -0.2) is 4.79 Å². The van der Waals surface area contributed by atoms with Crippen LogP contribution in [0, 0.1) is 0 Å². The SMILES string of the molecule is CC/C=C\CC/C=C/CNC(=O)OCCC(C)OC. The molecule has 0 radical (unpaired) electrons. The van der Waals surface area contributed by atoms with Gasteiger partial charge in [0.05, 0.1) is 12.7 Å². The van der Waals surface area contributed by atoms with E-state index in [4.69, 9.17) is 9.47 Å². The highest BCUT2D eigenvalue weighted by Gasteiger charge is 2.02. The first-order valence-corrected chi connectivity index (χ1v) is 6.94. The number of alkyl carbamates (subject to hydrolysis) is 1. The largest absolute Gasteiger partial charge is 0.449 e. The van der Waals surface area contributed by atoms with Crippen molar-refractivity contribution >= 4 is 6.09 Å². The Balaban J connectivity index is 3.42. The van der Waals surface area contributed by atoms with E-state index < -0.39 is 0 Å². The third kappa shape index (κ3) is 12.9. The molecule has 0 aliphatic carbocycles. The van der Waals surface area contributed by atoms with Crippen molar-refractivity contribution in [2.24, 2.45) is 0 Å². The molecule has 1 unspecified atom stereocenters. The lowest BCUT2D eigenvalue weighted by Crippen LogP contribution is -2.25. The van der Waals surface area contributed by atoms with Gasteiger partial charge < -0.3 is 14.8 Å². The van der Waals surface area contributed by atoms with Crippen LogP contribution in [0.2, 0.25) is 0 Å². The summed E-state index contributed by atoms with van der Waals surface area (Å²) in [5.41, 5.74) is 0. The summed E-state index contributed by atoms with van der Waals surface area (Å²) in [5.74, 6) is 0. The second kappa shape index (κ2) is 13.1. The average Bonchev–Trinajstić information content (AvgIpc) is 2.41. The van der Waals surface area contributed by atoms with Crippen molar-refractivity contribution < 1.29 is 14.3 Å². The molecular weight excluding hydrogens is 242 g/mol. The summed E-state index contributed by atoms with van der Waals surface area (Å²) in [6.07, 6.45) is 11.9. The van der Waals surface area contributed by atoms with Crippen molar-refractivity contribution in [1.29, 1.82) is 0 Å². The summed E-state index contributed by atoms with van der Waals surface area (Å²) in [6, 6.07) is 0. The summed E-state index contributed by atoms with van der Waals surface area (Å²) < 4.78 is 10.1. The molecule has 0 aromatic rings. The number of nitrogens with one attached hydrogen (secondary N) is 1. The molecule has 0 saturated carbocycles. The van der Waals surface area contributed by atoms with E-state index in [9.17, 15) is 4.79 Å². The van der Waals surface area contributed by atoms with Crippen molar-refractivity contribution in [2.45, 2.75) is 45.6 Å². The Kier molecular flexibility index (Phi) is 12.3. The molecule has 0 aromatic carbocycles. The Morgan fingerprint density at radius 3 is 2.53 bits per heavy atom. The molecule has 1 atom stereocenters. The fourth-order valence-electron chi connectivity index (χ4n) is 1.31. The molecule has 110 valence electrons. The highest BCUT2D eigenvalue weighted by Crippen LogP contribution is 1.96. The normalized spacial score (nSPS) is 13.0. The average molecular weight is 269 g/mol. The topological polar surface area (TPSA) is 47.6 Å². The van der Waals surface area contributed by atoms with Crippen molar-refractivity contribution in [3.63, 3.8) is 0 Å². The summed E-state index contributed by atoms with van der Waals surface area (Å²) in [4.78, 5) is 11.3. The van der Waals surface area contributed by atoms with Crippen molar-refractivity contribution in [3.8, 4) is 0 Å². The molecule has 4 nitrogen and oxygen atoms in total. The minimum atomic E-state index is -0.376. The molecule has 0 spiro atoms. The molecule has 4 heteroatoms. The quantitative estimate of drug-likeness (QED) is 0.488. The van der Waals surface area contributed by atoms with Gasteiger partial charge in [-0.1, -0.05) is 31.2 Å². The van der Waals surface area contributed by atoms with Crippen LogP contribution in [0.15, 0.2) is 24.3 Å². The molecule has 0 bridgehead atoms. The monoisotopic (exact) mass is 269 g/mol. The number of allylic oxidation sites excluding steroid dienone is 3. The van der Waals surface area contributed by atoms with Crippen LogP contribution in [0.1, 0.15) is 39.5 Å². The zero-order chi connectivity index (χ0) is 14.3. The summed E-state index contributed by atoms with van der Waals surface area (Å²) in [7, 11) is 1.64. The Morgan fingerprint density at radius 2 is 1.89 bits per heavy atom. The fraction of sp³-hybridized carbons (Fsp3) is 0.667. The van der Waals surface area contributed by atoms with Crippen LogP contribution in [0.5, 0.6) is 0 Å². The van der Waals surface area contributed by atoms with E-state index in [1.807, 2.05) is 13.0 Å². The van der Waals surface area contributed by atoms with Crippen molar-refractivity contribution in [2.75, 3.05) is 20.3 Å². The zero-order valence-corrected chi connectivity index (χ0v) is 12.4. The number of ether oxygens (including phenoxy) is 2. The molecule has 0 saturated heterocycles. The van der Waals surface area contributed by atoms with Gasteiger partial charge in [0.1, 0.15) is 0 Å². The number of hydrogen-bond acceptors (Lipinski definition) is 3. The maximum absolute atomic E-state index is 11.3. The van der Waals surface area contributed by atoms with Gasteiger partial charge in [0.25, 0.3) is 0 Å². The van der Waals surface area contributed by atoms with E-state index in [0.29, 0.717) is 19.6 Å². The molecular formula is C15H27NO3. The maximum atomic E-state index is 11.3. The molecule has 1 amide bonds. The molecule has 0 aliphatic heterocycles. The Hall–Kier alpha value is -1.29. The summed E-state index contributed by atoms with van der Waals surface area (Å²) >= 11 is 0. The predicted octanol–water partition coefficient (Wildman–Crippen LogP) is 3.44. The first-order chi connectivity index (χ1) is 9.20. The Morgan fingerprint density at radius 1 is 1.21 bits per heavy atom. The molecule has 0 fully saturated rings. The van der Waals surface area contributed by atoms with Gasteiger partial charge in [0.2, 0.25) is 0 Å². The van der Waals surface area contributed by atoms with Crippen LogP contribution < -0.4 is 5.32 Å². The standard InChI is InChI=1S/C15H27NO3/c1-4-5-6-7-8-9-10-12-16-15(17)19-13-11-14(2)18-3/h5-6,9-10,14H,4,7-8,11-13H2,1-3H3,(H,16,17)/b6-5-,10-9+. The number of unbranched alkanes of at least 4 members (excludes halogenated alkanes) is 1. The van der Waals surface area contributed by atoms with Crippen LogP contribution in [0.25, 0.3) is 0 Å². The first-order valence-electron chi connectivity index (χ1n) is 6.94. The highest BCUT2D eigenvalue weighted by atomic mass is 16.5. The number of carbonyl (C=O) groups excluding carboxylic acids is 1. The van der Waals surface area contributed by atoms with Crippen molar-refractivity contribution in [3.05, 3.63) is 24.3 Å². The molecule has 0 aliphatic rings. The van der Waals surface area contributed by atoms with E-state index in [1.165, 1.54) is 0 Å². The van der Waals surface area contributed by atoms with Crippen LogP contribution in [0.3, 0.4) is 0 Å². The minimum absolute atomic E-state index is 0.115. The maximum Gasteiger partial charge on any atom is 0.407 e. The number of methoxy groups -OCH3 is 1. The number of rotatable bonds is 10. The van der Waals surface area contributed by atoms with E-state index in [2.05, 4.69) is 30.5 Å². The number of carbonyl (C=O) groups is 1. The first kappa shape index (κ1) is 17.7. The molecule has 19 heavy (non-hydrogen) atoms. The van der Waals surface area contributed by atoms with Gasteiger partial charge in [-0.3, -0.25) is 0 Å². The van der Waals surface area contributed by atoms with E-state index >= 15 is 0 Å². The minimum Gasteiger partial charge on any atom is -0.449 e. The van der Waals surface area contributed by atoms with Gasteiger partial charge in [0, 0.05) is 20.1 Å². The van der Waals surface area contributed by atoms with E-state index in [0.717, 1.165) is 19.3 Å². The predicted molar refractivity (Wildman–Crippen MR) is 78.2 cm³/mol. The van der Waals surface area contributed by atoms with Crippen LogP contribution in [0.4, 0.5) is 4.79 Å². The van der Waals surface area contributed by atoms with Crippen LogP contribution in [-0.4, -0.2) is 32.5 Å². The molecule has 0 rings (SSSR count). The second-order valence-corrected chi connectivity index (χ2v) is 4.28.